The van der Waals surface area contributed by atoms with Crippen LogP contribution < -0.4 is 4.74 Å². The van der Waals surface area contributed by atoms with Gasteiger partial charge in [0.2, 0.25) is 6.29 Å². The summed E-state index contributed by atoms with van der Waals surface area (Å²) < 4.78 is 11.5. The quantitative estimate of drug-likeness (QED) is 0.819. The van der Waals surface area contributed by atoms with Crippen LogP contribution in [0.3, 0.4) is 0 Å². The van der Waals surface area contributed by atoms with Crippen molar-refractivity contribution in [2.75, 3.05) is 7.05 Å². The lowest BCUT2D eigenvalue weighted by Gasteiger charge is -2.20. The van der Waals surface area contributed by atoms with Gasteiger partial charge in [-0.15, -0.1) is 0 Å². The van der Waals surface area contributed by atoms with Crippen molar-refractivity contribution >= 4 is 17.7 Å². The van der Waals surface area contributed by atoms with Crippen LogP contribution in [0.1, 0.15) is 28.7 Å². The molecule has 4 nitrogen and oxygen atoms in total. The Balaban J connectivity index is 1.42. The van der Waals surface area contributed by atoms with E-state index in [0.29, 0.717) is 18.0 Å². The monoisotopic (exact) mass is 357 g/mol. The number of hydrogen-bond acceptors (Lipinski definition) is 3. The normalized spacial score (nSPS) is 17.6. The Morgan fingerprint density at radius 3 is 2.88 bits per heavy atom. The number of rotatable bonds is 3. The van der Waals surface area contributed by atoms with Crippen LogP contribution in [0.2, 0.25) is 5.02 Å². The molecule has 0 N–H and O–H groups in total. The van der Waals surface area contributed by atoms with Crippen LogP contribution in [-0.2, 0) is 30.5 Å². The van der Waals surface area contributed by atoms with E-state index in [1.165, 1.54) is 11.1 Å². The minimum Gasteiger partial charge on any atom is -0.454 e. The maximum absolute atomic E-state index is 12.4. The average molecular weight is 358 g/mol. The Labute approximate surface area is 152 Å². The summed E-state index contributed by atoms with van der Waals surface area (Å²) in [5.41, 5.74) is 4.51. The molecule has 0 spiro atoms. The summed E-state index contributed by atoms with van der Waals surface area (Å²) in [4.78, 5) is 13.9. The van der Waals surface area contributed by atoms with Gasteiger partial charge in [-0.05, 0) is 42.0 Å². The average Bonchev–Trinajstić information content (AvgIpc) is 3.22. The van der Waals surface area contributed by atoms with Crippen molar-refractivity contribution in [3.05, 3.63) is 63.7 Å². The zero-order chi connectivity index (χ0) is 17.4. The molecule has 2 aliphatic rings. The molecular formula is C20H20ClNO3. The van der Waals surface area contributed by atoms with Crippen LogP contribution in [0.4, 0.5) is 4.79 Å². The molecule has 2 aromatic rings. The standard InChI is InChI=1S/C20H20ClNO3/c1-22(12-13-6-3-2-4-7-13)20(23)25-18-11-16-17(21)10-14-8-5-9-15(14)19(16)24-18/h2-4,6-7,10,18H,5,8-9,11-12H2,1H3. The smallest absolute Gasteiger partial charge is 0.412 e. The molecule has 1 heterocycles. The number of benzene rings is 2. The molecule has 1 atom stereocenters. The van der Waals surface area contributed by atoms with Crippen LogP contribution in [0.25, 0.3) is 0 Å². The number of amides is 1. The molecule has 0 fully saturated rings. The van der Waals surface area contributed by atoms with E-state index in [1.807, 2.05) is 36.4 Å². The number of halogens is 1. The van der Waals surface area contributed by atoms with E-state index in [-0.39, 0.29) is 0 Å². The molecule has 1 aliphatic heterocycles. The van der Waals surface area contributed by atoms with Crippen LogP contribution in [-0.4, -0.2) is 24.3 Å². The molecule has 130 valence electrons. The number of nitrogens with zero attached hydrogens (tertiary/aromatic N) is 1. The van der Waals surface area contributed by atoms with Crippen molar-refractivity contribution in [1.29, 1.82) is 0 Å². The summed E-state index contributed by atoms with van der Waals surface area (Å²) in [6, 6.07) is 11.9. The van der Waals surface area contributed by atoms with Crippen LogP contribution in [0.5, 0.6) is 5.75 Å². The molecule has 0 aromatic heterocycles. The summed E-state index contributed by atoms with van der Waals surface area (Å²) in [6.07, 6.45) is 2.67. The largest absolute Gasteiger partial charge is 0.454 e. The molecule has 25 heavy (non-hydrogen) atoms. The molecule has 4 rings (SSSR count). The number of ether oxygens (including phenoxy) is 2. The molecule has 5 heteroatoms. The number of carbonyl (C=O) groups excluding carboxylic acids is 1. The lowest BCUT2D eigenvalue weighted by Crippen LogP contribution is -2.32. The summed E-state index contributed by atoms with van der Waals surface area (Å²) >= 11 is 6.39. The van der Waals surface area contributed by atoms with Gasteiger partial charge in [-0.1, -0.05) is 41.9 Å². The fourth-order valence-corrected chi connectivity index (χ4v) is 3.87. The first-order valence-corrected chi connectivity index (χ1v) is 8.95. The van der Waals surface area contributed by atoms with Crippen molar-refractivity contribution in [2.45, 2.75) is 38.5 Å². The first kappa shape index (κ1) is 16.3. The maximum atomic E-state index is 12.4. The van der Waals surface area contributed by atoms with Crippen molar-refractivity contribution < 1.29 is 14.3 Å². The highest BCUT2D eigenvalue weighted by Gasteiger charge is 2.33. The van der Waals surface area contributed by atoms with Gasteiger partial charge in [0, 0.05) is 24.2 Å². The molecule has 1 unspecified atom stereocenters. The minimum atomic E-state index is -0.606. The lowest BCUT2D eigenvalue weighted by atomic mass is 10.0. The zero-order valence-electron chi connectivity index (χ0n) is 14.1. The van der Waals surface area contributed by atoms with Crippen LogP contribution >= 0.6 is 11.6 Å². The van der Waals surface area contributed by atoms with Crippen LogP contribution in [0, 0.1) is 0 Å². The third-order valence-corrected chi connectivity index (χ3v) is 5.16. The van der Waals surface area contributed by atoms with Crippen molar-refractivity contribution in [1.82, 2.24) is 4.90 Å². The Morgan fingerprint density at radius 2 is 2.08 bits per heavy atom. The molecule has 0 bridgehead atoms. The van der Waals surface area contributed by atoms with E-state index in [0.717, 1.165) is 36.1 Å². The van der Waals surface area contributed by atoms with E-state index < -0.39 is 12.4 Å². The lowest BCUT2D eigenvalue weighted by molar-refractivity contribution is -0.0307. The highest BCUT2D eigenvalue weighted by molar-refractivity contribution is 6.31. The second-order valence-corrected chi connectivity index (χ2v) is 7.04. The van der Waals surface area contributed by atoms with Gasteiger partial charge >= 0.3 is 6.09 Å². The zero-order valence-corrected chi connectivity index (χ0v) is 14.9. The molecule has 0 saturated heterocycles. The maximum Gasteiger partial charge on any atom is 0.412 e. The number of aryl methyl sites for hydroxylation is 1. The highest BCUT2D eigenvalue weighted by Crippen LogP contribution is 2.43. The SMILES string of the molecule is CN(Cc1ccccc1)C(=O)OC1Cc2c(Cl)cc3c(c2O1)CCC3. The minimum absolute atomic E-state index is 0.394. The number of fused-ring (bicyclic) bond motifs is 3. The molecule has 2 aromatic carbocycles. The van der Waals surface area contributed by atoms with Gasteiger partial charge in [-0.25, -0.2) is 4.79 Å². The Morgan fingerprint density at radius 1 is 1.28 bits per heavy atom. The molecule has 0 radical (unpaired) electrons. The summed E-state index contributed by atoms with van der Waals surface area (Å²) in [6.45, 7) is 0.496. The summed E-state index contributed by atoms with van der Waals surface area (Å²) in [5, 5.41) is 0.715. The van der Waals surface area contributed by atoms with Crippen LogP contribution in [0.15, 0.2) is 36.4 Å². The van der Waals surface area contributed by atoms with Gasteiger partial charge in [-0.2, -0.15) is 0 Å². The predicted molar refractivity (Wildman–Crippen MR) is 96.0 cm³/mol. The van der Waals surface area contributed by atoms with Gasteiger partial charge in [0.15, 0.2) is 0 Å². The second-order valence-electron chi connectivity index (χ2n) is 6.63. The Bertz CT molecular complexity index is 806. The molecule has 1 aliphatic carbocycles. The fraction of sp³-hybridized carbons (Fsp3) is 0.350. The van der Waals surface area contributed by atoms with E-state index in [2.05, 4.69) is 0 Å². The van der Waals surface area contributed by atoms with Gasteiger partial charge in [0.1, 0.15) is 5.75 Å². The van der Waals surface area contributed by atoms with E-state index in [4.69, 9.17) is 21.1 Å². The first-order chi connectivity index (χ1) is 12.1. The summed E-state index contributed by atoms with van der Waals surface area (Å²) in [7, 11) is 1.72. The number of hydrogen-bond donors (Lipinski definition) is 0. The van der Waals surface area contributed by atoms with Crippen molar-refractivity contribution in [2.24, 2.45) is 0 Å². The summed E-state index contributed by atoms with van der Waals surface area (Å²) in [5.74, 6) is 0.837. The molecule has 0 saturated carbocycles. The van der Waals surface area contributed by atoms with E-state index in [9.17, 15) is 4.79 Å². The van der Waals surface area contributed by atoms with Crippen molar-refractivity contribution in [3.8, 4) is 5.75 Å². The van der Waals surface area contributed by atoms with Gasteiger partial charge in [0.05, 0.1) is 6.42 Å². The third-order valence-electron chi connectivity index (χ3n) is 4.82. The molecular weight excluding hydrogens is 338 g/mol. The van der Waals surface area contributed by atoms with Gasteiger partial charge in [0.25, 0.3) is 0 Å². The Kier molecular flexibility index (Phi) is 4.30. The second kappa shape index (κ2) is 6.60. The first-order valence-electron chi connectivity index (χ1n) is 8.57. The van der Waals surface area contributed by atoms with E-state index >= 15 is 0 Å². The van der Waals surface area contributed by atoms with Crippen molar-refractivity contribution in [3.63, 3.8) is 0 Å². The highest BCUT2D eigenvalue weighted by atomic mass is 35.5. The van der Waals surface area contributed by atoms with Gasteiger partial charge in [-0.3, -0.25) is 0 Å². The topological polar surface area (TPSA) is 38.8 Å². The van der Waals surface area contributed by atoms with Gasteiger partial charge < -0.3 is 14.4 Å². The Hall–Kier alpha value is -2.20. The van der Waals surface area contributed by atoms with E-state index in [1.54, 1.807) is 11.9 Å². The predicted octanol–water partition coefficient (Wildman–Crippen LogP) is 4.36. The number of carbonyl (C=O) groups is 1. The third kappa shape index (κ3) is 3.19. The molecule has 1 amide bonds. The fourth-order valence-electron chi connectivity index (χ4n) is 3.58.